The number of para-hydroxylation sites is 1. The Morgan fingerprint density at radius 1 is 1.00 bits per heavy atom. The van der Waals surface area contributed by atoms with E-state index >= 15 is 0 Å². The molecule has 0 saturated heterocycles. The van der Waals surface area contributed by atoms with E-state index < -0.39 is 0 Å². The fourth-order valence-electron chi connectivity index (χ4n) is 2.89. The Kier molecular flexibility index (Phi) is 7.52. The average Bonchev–Trinajstić information content (AvgIpc) is 2.65. The molecule has 0 radical (unpaired) electrons. The molecule has 0 unspecified atom stereocenters. The molecule has 0 aromatic heterocycles. The van der Waals surface area contributed by atoms with Gasteiger partial charge in [-0.1, -0.05) is 44.2 Å². The van der Waals surface area contributed by atoms with Crippen molar-refractivity contribution in [2.75, 3.05) is 20.8 Å². The van der Waals surface area contributed by atoms with Gasteiger partial charge in [-0.25, -0.2) is 0 Å². The number of amides is 1. The third kappa shape index (κ3) is 5.80. The summed E-state index contributed by atoms with van der Waals surface area (Å²) in [6.07, 6.45) is 1.33. The van der Waals surface area contributed by atoms with E-state index in [1.54, 1.807) is 14.2 Å². The monoisotopic (exact) mass is 355 g/mol. The van der Waals surface area contributed by atoms with Crippen molar-refractivity contribution in [1.82, 2.24) is 4.90 Å². The van der Waals surface area contributed by atoms with Crippen LogP contribution >= 0.6 is 0 Å². The Bertz CT molecular complexity index is 695. The van der Waals surface area contributed by atoms with Crippen LogP contribution in [0.3, 0.4) is 0 Å². The molecule has 2 aromatic carbocycles. The van der Waals surface area contributed by atoms with Crippen LogP contribution in [0.4, 0.5) is 0 Å². The molecule has 0 aliphatic heterocycles. The molecular weight excluding hydrogens is 326 g/mol. The minimum atomic E-state index is 0.186. The van der Waals surface area contributed by atoms with E-state index in [0.717, 1.165) is 29.0 Å². The van der Waals surface area contributed by atoms with Gasteiger partial charge in [-0.15, -0.1) is 0 Å². The molecule has 0 heterocycles. The van der Waals surface area contributed by atoms with Crippen molar-refractivity contribution in [3.8, 4) is 11.5 Å². The Hall–Kier alpha value is -2.49. The lowest BCUT2D eigenvalue weighted by Crippen LogP contribution is -2.33. The number of carbonyl (C=O) groups excluding carboxylic acids is 1. The van der Waals surface area contributed by atoms with E-state index in [1.165, 1.54) is 0 Å². The SMILES string of the molecule is COc1ccc(CN(CCc2ccccc2OC)C(=O)CC(C)C)cc1. The highest BCUT2D eigenvalue weighted by atomic mass is 16.5. The van der Waals surface area contributed by atoms with Crippen LogP contribution in [0, 0.1) is 5.92 Å². The zero-order valence-electron chi connectivity index (χ0n) is 16.2. The Balaban J connectivity index is 2.10. The molecule has 0 aliphatic rings. The number of hydrogen-bond acceptors (Lipinski definition) is 3. The van der Waals surface area contributed by atoms with Gasteiger partial charge in [-0.3, -0.25) is 4.79 Å². The van der Waals surface area contributed by atoms with Gasteiger partial charge >= 0.3 is 0 Å². The minimum Gasteiger partial charge on any atom is -0.497 e. The van der Waals surface area contributed by atoms with E-state index in [-0.39, 0.29) is 5.91 Å². The van der Waals surface area contributed by atoms with Crippen LogP contribution in [0.15, 0.2) is 48.5 Å². The van der Waals surface area contributed by atoms with Crippen molar-refractivity contribution in [3.05, 3.63) is 59.7 Å². The molecule has 0 bridgehead atoms. The first kappa shape index (κ1) is 19.8. The second-order valence-electron chi connectivity index (χ2n) is 6.82. The Morgan fingerprint density at radius 3 is 2.31 bits per heavy atom. The van der Waals surface area contributed by atoms with Crippen LogP contribution in [-0.2, 0) is 17.8 Å². The fraction of sp³-hybridized carbons (Fsp3) is 0.409. The molecule has 2 aromatic rings. The van der Waals surface area contributed by atoms with Gasteiger partial charge in [0.1, 0.15) is 11.5 Å². The number of nitrogens with zero attached hydrogens (tertiary/aromatic N) is 1. The van der Waals surface area contributed by atoms with Crippen molar-refractivity contribution in [2.45, 2.75) is 33.2 Å². The maximum Gasteiger partial charge on any atom is 0.223 e. The summed E-state index contributed by atoms with van der Waals surface area (Å²) in [5.74, 6) is 2.22. The van der Waals surface area contributed by atoms with Crippen molar-refractivity contribution >= 4 is 5.91 Å². The lowest BCUT2D eigenvalue weighted by Gasteiger charge is -2.24. The molecule has 0 saturated carbocycles. The molecule has 4 heteroatoms. The number of ether oxygens (including phenoxy) is 2. The third-order valence-corrected chi connectivity index (χ3v) is 4.31. The van der Waals surface area contributed by atoms with E-state index in [4.69, 9.17) is 9.47 Å². The predicted octanol–water partition coefficient (Wildman–Crippen LogP) is 4.32. The van der Waals surface area contributed by atoms with Crippen LogP contribution < -0.4 is 9.47 Å². The quantitative estimate of drug-likeness (QED) is 0.672. The molecule has 1 amide bonds. The molecule has 0 spiro atoms. The molecule has 0 aliphatic carbocycles. The van der Waals surface area contributed by atoms with Crippen molar-refractivity contribution in [1.29, 1.82) is 0 Å². The Labute approximate surface area is 156 Å². The van der Waals surface area contributed by atoms with Gasteiger partial charge < -0.3 is 14.4 Å². The summed E-state index contributed by atoms with van der Waals surface area (Å²) in [6.45, 7) is 5.41. The maximum absolute atomic E-state index is 12.7. The van der Waals surface area contributed by atoms with Gasteiger partial charge in [0.15, 0.2) is 0 Å². The molecule has 26 heavy (non-hydrogen) atoms. The molecular formula is C22H29NO3. The summed E-state index contributed by atoms with van der Waals surface area (Å²) in [7, 11) is 3.33. The number of benzene rings is 2. The third-order valence-electron chi connectivity index (χ3n) is 4.31. The summed E-state index contributed by atoms with van der Waals surface area (Å²) >= 11 is 0. The van der Waals surface area contributed by atoms with Crippen LogP contribution in [0.1, 0.15) is 31.4 Å². The van der Waals surface area contributed by atoms with Gasteiger partial charge in [0.05, 0.1) is 14.2 Å². The van der Waals surface area contributed by atoms with Gasteiger partial charge in [-0.2, -0.15) is 0 Å². The van der Waals surface area contributed by atoms with Gasteiger partial charge in [0, 0.05) is 19.5 Å². The molecule has 0 fully saturated rings. The van der Waals surface area contributed by atoms with Crippen LogP contribution in [0.5, 0.6) is 11.5 Å². The zero-order chi connectivity index (χ0) is 18.9. The van der Waals surface area contributed by atoms with E-state index in [0.29, 0.717) is 25.4 Å². The fourth-order valence-corrected chi connectivity index (χ4v) is 2.89. The van der Waals surface area contributed by atoms with Crippen molar-refractivity contribution in [2.24, 2.45) is 5.92 Å². The maximum atomic E-state index is 12.7. The summed E-state index contributed by atoms with van der Waals surface area (Å²) in [4.78, 5) is 14.7. The number of rotatable bonds is 9. The van der Waals surface area contributed by atoms with E-state index in [1.807, 2.05) is 47.4 Å². The number of carbonyl (C=O) groups is 1. The highest BCUT2D eigenvalue weighted by Gasteiger charge is 2.16. The largest absolute Gasteiger partial charge is 0.497 e. The molecule has 0 N–H and O–H groups in total. The highest BCUT2D eigenvalue weighted by molar-refractivity contribution is 5.76. The highest BCUT2D eigenvalue weighted by Crippen LogP contribution is 2.20. The van der Waals surface area contributed by atoms with Crippen molar-refractivity contribution < 1.29 is 14.3 Å². The first-order valence-electron chi connectivity index (χ1n) is 9.06. The average molecular weight is 355 g/mol. The lowest BCUT2D eigenvalue weighted by atomic mass is 10.1. The molecule has 0 atom stereocenters. The number of hydrogen-bond donors (Lipinski definition) is 0. The smallest absolute Gasteiger partial charge is 0.223 e. The number of methoxy groups -OCH3 is 2. The van der Waals surface area contributed by atoms with Gasteiger partial charge in [0.2, 0.25) is 5.91 Å². The lowest BCUT2D eigenvalue weighted by molar-refractivity contribution is -0.132. The standard InChI is InChI=1S/C22H29NO3/c1-17(2)15-22(24)23(16-18-9-11-20(25-3)12-10-18)14-13-19-7-5-6-8-21(19)26-4/h5-12,17H,13-16H2,1-4H3. The van der Waals surface area contributed by atoms with E-state index in [9.17, 15) is 4.79 Å². The minimum absolute atomic E-state index is 0.186. The van der Waals surface area contributed by atoms with Gasteiger partial charge in [-0.05, 0) is 41.7 Å². The molecule has 140 valence electrons. The van der Waals surface area contributed by atoms with Crippen molar-refractivity contribution in [3.63, 3.8) is 0 Å². The first-order chi connectivity index (χ1) is 12.5. The van der Waals surface area contributed by atoms with Gasteiger partial charge in [0.25, 0.3) is 0 Å². The first-order valence-corrected chi connectivity index (χ1v) is 9.06. The Morgan fingerprint density at radius 2 is 1.69 bits per heavy atom. The predicted molar refractivity (Wildman–Crippen MR) is 105 cm³/mol. The zero-order valence-corrected chi connectivity index (χ0v) is 16.2. The normalized spacial score (nSPS) is 10.7. The van der Waals surface area contributed by atoms with Crippen LogP contribution in [0.25, 0.3) is 0 Å². The molecule has 4 nitrogen and oxygen atoms in total. The molecule has 2 rings (SSSR count). The topological polar surface area (TPSA) is 38.8 Å². The van der Waals surface area contributed by atoms with Crippen LogP contribution in [-0.4, -0.2) is 31.6 Å². The summed E-state index contributed by atoms with van der Waals surface area (Å²) in [6, 6.07) is 15.9. The second kappa shape index (κ2) is 9.85. The summed E-state index contributed by atoms with van der Waals surface area (Å²) in [5, 5.41) is 0. The van der Waals surface area contributed by atoms with Crippen LogP contribution in [0.2, 0.25) is 0 Å². The second-order valence-corrected chi connectivity index (χ2v) is 6.82. The summed E-state index contributed by atoms with van der Waals surface area (Å²) < 4.78 is 10.6. The van der Waals surface area contributed by atoms with E-state index in [2.05, 4.69) is 19.9 Å². The summed E-state index contributed by atoms with van der Waals surface area (Å²) in [5.41, 5.74) is 2.22.